The van der Waals surface area contributed by atoms with Crippen molar-refractivity contribution in [1.29, 1.82) is 0 Å². The summed E-state index contributed by atoms with van der Waals surface area (Å²) in [6.07, 6.45) is 0.922. The van der Waals surface area contributed by atoms with E-state index in [0.717, 1.165) is 5.56 Å². The van der Waals surface area contributed by atoms with Crippen LogP contribution in [0.15, 0.2) is 50.6 Å². The molecule has 2 aromatic carbocycles. The van der Waals surface area contributed by atoms with Crippen molar-refractivity contribution in [3.05, 3.63) is 68.0 Å². The van der Waals surface area contributed by atoms with Gasteiger partial charge in [-0.3, -0.25) is 24.1 Å². The molecule has 0 bridgehead atoms. The summed E-state index contributed by atoms with van der Waals surface area (Å²) < 4.78 is 39.5. The molecule has 0 saturated carbocycles. The smallest absolute Gasteiger partial charge is 0.328 e. The van der Waals surface area contributed by atoms with E-state index in [9.17, 15) is 27.6 Å². The second-order valence-electron chi connectivity index (χ2n) is 9.52. The number of rotatable bonds is 11. The van der Waals surface area contributed by atoms with Gasteiger partial charge in [-0.2, -0.15) is 0 Å². The number of aromatic nitrogens is 2. The number of hydrogen-bond donors (Lipinski definition) is 4. The van der Waals surface area contributed by atoms with Crippen molar-refractivity contribution >= 4 is 55.4 Å². The Bertz CT molecular complexity index is 1720. The fourth-order valence-corrected chi connectivity index (χ4v) is 6.79. The molecule has 1 heterocycles. The molecule has 1 aliphatic rings. The molecule has 15 heteroatoms. The summed E-state index contributed by atoms with van der Waals surface area (Å²) in [7, 11) is -4.15. The Morgan fingerprint density at radius 1 is 1.09 bits per heavy atom. The number of nitrogens with one attached hydrogen (secondary N) is 3. The van der Waals surface area contributed by atoms with Gasteiger partial charge in [0.25, 0.3) is 21.5 Å². The third-order valence-corrected chi connectivity index (χ3v) is 8.92. The van der Waals surface area contributed by atoms with E-state index in [1.807, 2.05) is 0 Å². The lowest BCUT2D eigenvalue weighted by molar-refractivity contribution is -0.146. The Hall–Kier alpha value is -4.24. The van der Waals surface area contributed by atoms with Crippen LogP contribution in [0.5, 0.6) is 0 Å². The highest BCUT2D eigenvalue weighted by Gasteiger charge is 2.27. The van der Waals surface area contributed by atoms with Crippen LogP contribution in [0.3, 0.4) is 0 Å². The average molecular weight is 677 g/mol. The first-order chi connectivity index (χ1) is 20.4. The standard InChI is InChI=1S/C28H30BrN5O8S/c1-3-41-23(35)12-11-21(27(38)42-4-2)31-25(36)15-5-8-17(9-6-15)34-43(39,40)22-14-18-16(13-19(22)29)7-10-20-24(18)26(37)33-28(30)32-20/h5-6,8-9,13-14,21,34H,3-4,7,10-12H2,1-2H3,(H,31,36)(H3,30,32,33,37)/t21-/m0/s1. The summed E-state index contributed by atoms with van der Waals surface area (Å²) in [6.45, 7) is 3.56. The summed E-state index contributed by atoms with van der Waals surface area (Å²) in [5, 5.41) is 2.55. The molecule has 0 radical (unpaired) electrons. The lowest BCUT2D eigenvalue weighted by Gasteiger charge is -2.20. The monoisotopic (exact) mass is 675 g/mol. The molecule has 5 N–H and O–H groups in total. The molecule has 1 aromatic heterocycles. The Morgan fingerprint density at radius 3 is 2.47 bits per heavy atom. The maximum absolute atomic E-state index is 13.4. The van der Waals surface area contributed by atoms with Crippen LogP contribution in [0, 0.1) is 0 Å². The van der Waals surface area contributed by atoms with Crippen LogP contribution < -0.4 is 21.3 Å². The molecular formula is C28H30BrN5O8S. The van der Waals surface area contributed by atoms with Crippen molar-refractivity contribution in [2.75, 3.05) is 23.7 Å². The van der Waals surface area contributed by atoms with Crippen molar-refractivity contribution in [2.45, 2.75) is 50.5 Å². The SMILES string of the molecule is CCOC(=O)CC[C@H](NC(=O)c1ccc(NS(=O)(=O)c2cc3c(cc2Br)CCc2nc(N)[nH]c(=O)c2-3)cc1)C(=O)OCC. The van der Waals surface area contributed by atoms with E-state index in [4.69, 9.17) is 15.2 Å². The molecule has 43 heavy (non-hydrogen) atoms. The minimum absolute atomic E-state index is 0.0101. The highest BCUT2D eigenvalue weighted by atomic mass is 79.9. The number of aryl methyl sites for hydroxylation is 2. The number of fused-ring (bicyclic) bond motifs is 3. The number of anilines is 2. The van der Waals surface area contributed by atoms with E-state index in [1.165, 1.54) is 30.3 Å². The molecule has 1 aliphatic carbocycles. The molecule has 0 spiro atoms. The topological polar surface area (TPSA) is 200 Å². The summed E-state index contributed by atoms with van der Waals surface area (Å²) in [4.78, 5) is 56.2. The van der Waals surface area contributed by atoms with Crippen LogP contribution in [-0.4, -0.2) is 55.5 Å². The van der Waals surface area contributed by atoms with Crippen LogP contribution in [0.25, 0.3) is 11.1 Å². The van der Waals surface area contributed by atoms with Gasteiger partial charge < -0.3 is 20.5 Å². The van der Waals surface area contributed by atoms with Gasteiger partial charge in [0.1, 0.15) is 10.9 Å². The highest BCUT2D eigenvalue weighted by Crippen LogP contribution is 2.36. The first-order valence-electron chi connectivity index (χ1n) is 13.4. The number of carbonyl (C=O) groups is 3. The number of sulfonamides is 1. The summed E-state index contributed by atoms with van der Waals surface area (Å²) in [5.41, 5.74) is 7.54. The third kappa shape index (κ3) is 7.40. The number of amides is 1. The van der Waals surface area contributed by atoms with Crippen molar-refractivity contribution in [3.8, 4) is 11.1 Å². The van der Waals surface area contributed by atoms with Gasteiger partial charge in [0.15, 0.2) is 0 Å². The molecule has 0 unspecified atom stereocenters. The van der Waals surface area contributed by atoms with E-state index >= 15 is 0 Å². The van der Waals surface area contributed by atoms with E-state index in [2.05, 4.69) is 35.9 Å². The number of aromatic amines is 1. The van der Waals surface area contributed by atoms with Crippen LogP contribution in [-0.2, 0) is 41.9 Å². The van der Waals surface area contributed by atoms with Crippen LogP contribution in [0.4, 0.5) is 11.6 Å². The number of nitrogens with zero attached hydrogens (tertiary/aromatic N) is 1. The van der Waals surface area contributed by atoms with Crippen molar-refractivity contribution < 1.29 is 32.3 Å². The largest absolute Gasteiger partial charge is 0.466 e. The quantitative estimate of drug-likeness (QED) is 0.219. The van der Waals surface area contributed by atoms with Gasteiger partial charge in [-0.05, 0) is 96.6 Å². The van der Waals surface area contributed by atoms with Crippen molar-refractivity contribution in [2.24, 2.45) is 0 Å². The Labute approximate surface area is 255 Å². The molecule has 0 aliphatic heterocycles. The fraction of sp³-hybridized carbons (Fsp3) is 0.321. The fourth-order valence-electron chi connectivity index (χ4n) is 4.62. The zero-order valence-electron chi connectivity index (χ0n) is 23.4. The first kappa shape index (κ1) is 31.7. The number of esters is 2. The predicted molar refractivity (Wildman–Crippen MR) is 161 cm³/mol. The number of halogens is 1. The van der Waals surface area contributed by atoms with E-state index in [0.29, 0.717) is 28.6 Å². The molecule has 228 valence electrons. The Morgan fingerprint density at radius 2 is 1.79 bits per heavy atom. The normalized spacial score (nSPS) is 12.8. The highest BCUT2D eigenvalue weighted by molar-refractivity contribution is 9.10. The van der Waals surface area contributed by atoms with Gasteiger partial charge in [-0.15, -0.1) is 0 Å². The molecule has 1 amide bonds. The van der Waals surface area contributed by atoms with E-state index in [-0.39, 0.29) is 53.7 Å². The van der Waals surface area contributed by atoms with Gasteiger partial charge >= 0.3 is 11.9 Å². The van der Waals surface area contributed by atoms with E-state index in [1.54, 1.807) is 19.9 Å². The third-order valence-electron chi connectivity index (χ3n) is 6.58. The van der Waals surface area contributed by atoms with Gasteiger partial charge in [-0.1, -0.05) is 0 Å². The number of benzene rings is 2. The lowest BCUT2D eigenvalue weighted by Crippen LogP contribution is -2.42. The summed E-state index contributed by atoms with van der Waals surface area (Å²) in [6, 6.07) is 7.55. The maximum atomic E-state index is 13.4. The van der Waals surface area contributed by atoms with Crippen molar-refractivity contribution in [1.82, 2.24) is 15.3 Å². The van der Waals surface area contributed by atoms with Crippen molar-refractivity contribution in [3.63, 3.8) is 0 Å². The van der Waals surface area contributed by atoms with Crippen LogP contribution in [0.2, 0.25) is 0 Å². The summed E-state index contributed by atoms with van der Waals surface area (Å²) in [5.74, 6) is -1.83. The molecule has 13 nitrogen and oxygen atoms in total. The zero-order valence-corrected chi connectivity index (χ0v) is 25.8. The number of H-pyrrole nitrogens is 1. The predicted octanol–water partition coefficient (Wildman–Crippen LogP) is 2.69. The minimum Gasteiger partial charge on any atom is -0.466 e. The average Bonchev–Trinajstić information content (AvgIpc) is 2.94. The maximum Gasteiger partial charge on any atom is 0.328 e. The number of ether oxygens (including phenoxy) is 2. The molecule has 0 fully saturated rings. The zero-order chi connectivity index (χ0) is 31.3. The molecule has 3 aromatic rings. The molecular weight excluding hydrogens is 646 g/mol. The number of hydrogen-bond acceptors (Lipinski definition) is 10. The molecule has 1 atom stereocenters. The first-order valence-corrected chi connectivity index (χ1v) is 15.7. The van der Waals surface area contributed by atoms with Gasteiger partial charge in [-0.25, -0.2) is 18.2 Å². The number of nitrogens with two attached hydrogens (primary N) is 1. The van der Waals surface area contributed by atoms with Crippen LogP contribution >= 0.6 is 15.9 Å². The number of carbonyl (C=O) groups excluding carboxylic acids is 3. The minimum atomic E-state index is -4.15. The van der Waals surface area contributed by atoms with Gasteiger partial charge in [0.2, 0.25) is 5.95 Å². The Balaban J connectivity index is 1.52. The second-order valence-corrected chi connectivity index (χ2v) is 12.0. The Kier molecular flexibility index (Phi) is 9.86. The summed E-state index contributed by atoms with van der Waals surface area (Å²) >= 11 is 3.34. The van der Waals surface area contributed by atoms with Crippen LogP contribution in [0.1, 0.15) is 48.3 Å². The molecule has 4 rings (SSSR count). The second kappa shape index (κ2) is 13.4. The van der Waals surface area contributed by atoms with E-state index < -0.39 is 39.5 Å². The van der Waals surface area contributed by atoms with Gasteiger partial charge in [0.05, 0.1) is 24.5 Å². The number of nitrogen functional groups attached to an aromatic ring is 1. The lowest BCUT2D eigenvalue weighted by atomic mass is 9.89. The molecule has 0 saturated heterocycles. The van der Waals surface area contributed by atoms with Gasteiger partial charge in [0, 0.05) is 22.1 Å².